The molecule has 3 aromatic carbocycles. The number of carbonyl (C=O) groups is 1. The summed E-state index contributed by atoms with van der Waals surface area (Å²) in [5, 5.41) is 13.0. The van der Waals surface area contributed by atoms with Gasteiger partial charge in [-0.1, -0.05) is 72.8 Å². The molecule has 1 aliphatic heterocycles. The van der Waals surface area contributed by atoms with Crippen LogP contribution in [0.1, 0.15) is 22.7 Å². The number of nitrogens with one attached hydrogen (secondary N) is 1. The number of fused-ring (bicyclic) bond motifs is 1. The molecule has 5 rings (SSSR count). The minimum atomic E-state index is -1.05. The molecule has 1 amide bonds. The van der Waals surface area contributed by atoms with Gasteiger partial charge in [0.1, 0.15) is 5.69 Å². The summed E-state index contributed by atoms with van der Waals surface area (Å²) in [7, 11) is 0. The molecule has 2 heterocycles. The predicted octanol–water partition coefficient (Wildman–Crippen LogP) is 3.92. The van der Waals surface area contributed by atoms with Gasteiger partial charge >= 0.3 is 0 Å². The first-order chi connectivity index (χ1) is 18.2. The Kier molecular flexibility index (Phi) is 7.68. The lowest BCUT2D eigenvalue weighted by Crippen LogP contribution is -2.47. The van der Waals surface area contributed by atoms with Gasteiger partial charge in [0.05, 0.1) is 17.1 Å². The molecule has 0 bridgehead atoms. The zero-order chi connectivity index (χ0) is 25.5. The van der Waals surface area contributed by atoms with Gasteiger partial charge in [-0.2, -0.15) is 5.26 Å². The Balaban J connectivity index is 1.33. The van der Waals surface area contributed by atoms with Crippen LogP contribution in [0.25, 0.3) is 11.0 Å². The minimum absolute atomic E-state index is 0.355. The Morgan fingerprint density at radius 1 is 0.838 bits per heavy atom. The SMILES string of the molecule is N#C[C@H](C(=O)NCc1ccccc1)c1nc2ccccc2nc1N1CCN(CCc2ccccc2)CC1. The number of piperazine rings is 1. The van der Waals surface area contributed by atoms with E-state index in [1.807, 2.05) is 60.7 Å². The lowest BCUT2D eigenvalue weighted by atomic mass is 10.0. The quantitative estimate of drug-likeness (QED) is 0.403. The summed E-state index contributed by atoms with van der Waals surface area (Å²) in [6.45, 7) is 4.65. The van der Waals surface area contributed by atoms with Crippen LogP contribution in [0.15, 0.2) is 84.9 Å². The predicted molar refractivity (Wildman–Crippen MR) is 145 cm³/mol. The summed E-state index contributed by atoms with van der Waals surface area (Å²) >= 11 is 0. The van der Waals surface area contributed by atoms with Crippen molar-refractivity contribution in [3.63, 3.8) is 0 Å². The molecule has 186 valence electrons. The highest BCUT2D eigenvalue weighted by atomic mass is 16.1. The average molecular weight is 491 g/mol. The van der Waals surface area contributed by atoms with E-state index in [4.69, 9.17) is 9.97 Å². The molecule has 7 nitrogen and oxygen atoms in total. The largest absolute Gasteiger partial charge is 0.352 e. The molecule has 4 aromatic rings. The minimum Gasteiger partial charge on any atom is -0.352 e. The maximum Gasteiger partial charge on any atom is 0.243 e. The van der Waals surface area contributed by atoms with Crippen LogP contribution < -0.4 is 10.2 Å². The van der Waals surface area contributed by atoms with Gasteiger partial charge < -0.3 is 10.2 Å². The third-order valence-electron chi connectivity index (χ3n) is 6.78. The van der Waals surface area contributed by atoms with Gasteiger partial charge in [0.25, 0.3) is 0 Å². The first-order valence-corrected chi connectivity index (χ1v) is 12.7. The van der Waals surface area contributed by atoms with Gasteiger partial charge in [-0.05, 0) is 29.7 Å². The highest BCUT2D eigenvalue weighted by Gasteiger charge is 2.30. The monoisotopic (exact) mass is 490 g/mol. The van der Waals surface area contributed by atoms with Crippen molar-refractivity contribution in [3.05, 3.63) is 102 Å². The molecule has 37 heavy (non-hydrogen) atoms. The third kappa shape index (κ3) is 5.93. The van der Waals surface area contributed by atoms with Crippen molar-refractivity contribution < 1.29 is 4.79 Å². The standard InChI is InChI=1S/C30H30N6O/c31-21-25(30(37)32-22-24-11-5-2-6-12-24)28-29(34-27-14-8-7-13-26(27)33-28)36-19-17-35(18-20-36)16-15-23-9-3-1-4-10-23/h1-14,25H,15-20,22H2,(H,32,37)/t25-/m0/s1. The molecule has 7 heteroatoms. The van der Waals surface area contributed by atoms with E-state index in [1.165, 1.54) is 5.56 Å². The summed E-state index contributed by atoms with van der Waals surface area (Å²) in [4.78, 5) is 27.5. The number of rotatable bonds is 8. The number of benzene rings is 3. The normalized spacial score (nSPS) is 14.7. The van der Waals surface area contributed by atoms with Crippen molar-refractivity contribution in [3.8, 4) is 6.07 Å². The van der Waals surface area contributed by atoms with Crippen LogP contribution in [-0.2, 0) is 17.8 Å². The third-order valence-corrected chi connectivity index (χ3v) is 6.78. The van der Waals surface area contributed by atoms with Crippen molar-refractivity contribution in [2.24, 2.45) is 0 Å². The number of hydrogen-bond acceptors (Lipinski definition) is 6. The Morgan fingerprint density at radius 2 is 1.43 bits per heavy atom. The highest BCUT2D eigenvalue weighted by molar-refractivity contribution is 5.88. The van der Waals surface area contributed by atoms with Crippen LogP contribution in [0.2, 0.25) is 0 Å². The van der Waals surface area contributed by atoms with Crippen LogP contribution in [0.3, 0.4) is 0 Å². The van der Waals surface area contributed by atoms with E-state index >= 15 is 0 Å². The number of nitrogens with zero attached hydrogens (tertiary/aromatic N) is 5. The molecule has 1 saturated heterocycles. The lowest BCUT2D eigenvalue weighted by molar-refractivity contribution is -0.121. The van der Waals surface area contributed by atoms with Crippen LogP contribution in [0, 0.1) is 11.3 Å². The van der Waals surface area contributed by atoms with Gasteiger partial charge in [0.2, 0.25) is 5.91 Å². The molecule has 0 unspecified atom stereocenters. The van der Waals surface area contributed by atoms with Gasteiger partial charge in [-0.3, -0.25) is 9.69 Å². The fourth-order valence-electron chi connectivity index (χ4n) is 4.68. The number of aromatic nitrogens is 2. The zero-order valence-electron chi connectivity index (χ0n) is 20.8. The number of carbonyl (C=O) groups excluding carboxylic acids is 1. The van der Waals surface area contributed by atoms with E-state index in [2.05, 4.69) is 45.5 Å². The molecule has 1 fully saturated rings. The molecule has 0 radical (unpaired) electrons. The Hall–Kier alpha value is -4.28. The van der Waals surface area contributed by atoms with Crippen molar-refractivity contribution in [1.82, 2.24) is 20.2 Å². The van der Waals surface area contributed by atoms with E-state index < -0.39 is 5.92 Å². The van der Waals surface area contributed by atoms with Crippen molar-refractivity contribution >= 4 is 22.8 Å². The molecular weight excluding hydrogens is 460 g/mol. The number of amides is 1. The average Bonchev–Trinajstić information content (AvgIpc) is 2.96. The Labute approximate surface area is 217 Å². The van der Waals surface area contributed by atoms with Crippen LogP contribution in [0.5, 0.6) is 0 Å². The number of hydrogen-bond donors (Lipinski definition) is 1. The van der Waals surface area contributed by atoms with Crippen LogP contribution in [0.4, 0.5) is 5.82 Å². The molecule has 0 aliphatic carbocycles. The molecule has 0 spiro atoms. The highest BCUT2D eigenvalue weighted by Crippen LogP contribution is 2.28. The first kappa shape index (κ1) is 24.4. The summed E-state index contributed by atoms with van der Waals surface area (Å²) in [5.41, 5.74) is 4.17. The number of para-hydroxylation sites is 2. The maximum absolute atomic E-state index is 13.2. The second-order valence-electron chi connectivity index (χ2n) is 9.25. The molecule has 0 saturated carbocycles. The van der Waals surface area contributed by atoms with Gasteiger partial charge in [-0.25, -0.2) is 9.97 Å². The van der Waals surface area contributed by atoms with E-state index in [9.17, 15) is 10.1 Å². The van der Waals surface area contributed by atoms with Gasteiger partial charge in [-0.15, -0.1) is 0 Å². The topological polar surface area (TPSA) is 85.1 Å². The zero-order valence-corrected chi connectivity index (χ0v) is 20.8. The van der Waals surface area contributed by atoms with E-state index in [-0.39, 0.29) is 5.91 Å². The number of nitriles is 1. The molecule has 1 N–H and O–H groups in total. The summed E-state index contributed by atoms with van der Waals surface area (Å²) in [6.07, 6.45) is 1.01. The molecular formula is C30H30N6O. The van der Waals surface area contributed by atoms with Gasteiger partial charge in [0, 0.05) is 39.3 Å². The number of anilines is 1. The second-order valence-corrected chi connectivity index (χ2v) is 9.25. The summed E-state index contributed by atoms with van der Waals surface area (Å²) < 4.78 is 0. The lowest BCUT2D eigenvalue weighted by Gasteiger charge is -2.36. The van der Waals surface area contributed by atoms with Gasteiger partial charge in [0.15, 0.2) is 11.7 Å². The Bertz CT molecular complexity index is 1380. The molecule has 1 aliphatic rings. The second kappa shape index (κ2) is 11.6. The maximum atomic E-state index is 13.2. The van der Waals surface area contributed by atoms with Crippen LogP contribution in [-0.4, -0.2) is 53.5 Å². The van der Waals surface area contributed by atoms with E-state index in [0.717, 1.165) is 50.2 Å². The van der Waals surface area contributed by atoms with Crippen molar-refractivity contribution in [1.29, 1.82) is 5.26 Å². The van der Waals surface area contributed by atoms with Crippen molar-refractivity contribution in [2.45, 2.75) is 18.9 Å². The fraction of sp³-hybridized carbons (Fsp3) is 0.267. The molecule has 1 atom stereocenters. The smallest absolute Gasteiger partial charge is 0.243 e. The van der Waals surface area contributed by atoms with E-state index in [0.29, 0.717) is 23.6 Å². The summed E-state index contributed by atoms with van der Waals surface area (Å²) in [6, 6.07) is 30.0. The Morgan fingerprint density at radius 3 is 2.08 bits per heavy atom. The van der Waals surface area contributed by atoms with E-state index in [1.54, 1.807) is 0 Å². The molecule has 1 aromatic heterocycles. The summed E-state index contributed by atoms with van der Waals surface area (Å²) in [5.74, 6) is -0.784. The fourth-order valence-corrected chi connectivity index (χ4v) is 4.68. The first-order valence-electron chi connectivity index (χ1n) is 12.7. The van der Waals surface area contributed by atoms with Crippen LogP contribution >= 0.6 is 0 Å². The van der Waals surface area contributed by atoms with Crippen molar-refractivity contribution in [2.75, 3.05) is 37.6 Å².